The van der Waals surface area contributed by atoms with E-state index in [4.69, 9.17) is 4.52 Å². The molecule has 1 atom stereocenters. The van der Waals surface area contributed by atoms with Crippen molar-refractivity contribution in [1.82, 2.24) is 20.4 Å². The number of hydrogen-bond acceptors (Lipinski definition) is 5. The second kappa shape index (κ2) is 8.75. The lowest BCUT2D eigenvalue weighted by atomic mass is 10.0. The Balaban J connectivity index is 1.34. The largest absolute Gasteiger partial charge is 0.349 e. The second-order valence-corrected chi connectivity index (χ2v) is 7.75. The number of benzene rings is 2. The molecule has 156 valence electrons. The van der Waals surface area contributed by atoms with E-state index < -0.39 is 0 Å². The molecule has 1 aliphatic heterocycles. The average Bonchev–Trinajstić information content (AvgIpc) is 3.26. The first-order valence-corrected chi connectivity index (χ1v) is 10.2. The van der Waals surface area contributed by atoms with Crippen LogP contribution in [0.25, 0.3) is 11.4 Å². The molecule has 1 unspecified atom stereocenters. The Bertz CT molecular complexity index is 1010. The highest BCUT2D eigenvalue weighted by atomic mass is 19.1. The van der Waals surface area contributed by atoms with E-state index in [9.17, 15) is 9.18 Å². The summed E-state index contributed by atoms with van der Waals surface area (Å²) in [6.45, 7) is 5.38. The molecule has 2 heterocycles. The van der Waals surface area contributed by atoms with Crippen LogP contribution in [0.3, 0.4) is 0 Å². The van der Waals surface area contributed by atoms with E-state index in [2.05, 4.69) is 20.4 Å². The van der Waals surface area contributed by atoms with Crippen LogP contribution < -0.4 is 5.32 Å². The van der Waals surface area contributed by atoms with Crippen molar-refractivity contribution >= 4 is 5.91 Å². The average molecular weight is 408 g/mol. The second-order valence-electron chi connectivity index (χ2n) is 7.75. The lowest BCUT2D eigenvalue weighted by Gasteiger charge is -2.34. The standard InChI is InChI=1S/C23H25FN4O2/c1-15-8-9-18(14-20(15)24)21-26-23(30-27-21)16(2)28-12-10-19(11-13-28)25-22(29)17-6-4-3-5-7-17/h3-9,14,16,19H,10-13H2,1-2H3,(H,25,29). The Kier molecular flexibility index (Phi) is 5.90. The van der Waals surface area contributed by atoms with Crippen LogP contribution in [0.2, 0.25) is 0 Å². The first kappa shape index (κ1) is 20.2. The van der Waals surface area contributed by atoms with Crippen molar-refractivity contribution in [2.45, 2.75) is 38.8 Å². The molecule has 6 nitrogen and oxygen atoms in total. The fraction of sp³-hybridized carbons (Fsp3) is 0.348. The molecule has 4 rings (SSSR count). The lowest BCUT2D eigenvalue weighted by molar-refractivity contribution is 0.0881. The summed E-state index contributed by atoms with van der Waals surface area (Å²) in [7, 11) is 0. The van der Waals surface area contributed by atoms with Gasteiger partial charge in [-0.1, -0.05) is 35.5 Å². The summed E-state index contributed by atoms with van der Waals surface area (Å²) >= 11 is 0. The third-order valence-electron chi connectivity index (χ3n) is 5.68. The SMILES string of the molecule is Cc1ccc(-c2noc(C(C)N3CCC(NC(=O)c4ccccc4)CC3)n2)cc1F. The number of carbonyl (C=O) groups is 1. The maximum Gasteiger partial charge on any atom is 0.251 e. The van der Waals surface area contributed by atoms with Crippen molar-refractivity contribution in [1.29, 1.82) is 0 Å². The minimum absolute atomic E-state index is 0.0334. The molecule has 0 bridgehead atoms. The third-order valence-corrected chi connectivity index (χ3v) is 5.68. The highest BCUT2D eigenvalue weighted by molar-refractivity contribution is 5.94. The van der Waals surface area contributed by atoms with E-state index in [1.165, 1.54) is 6.07 Å². The first-order chi connectivity index (χ1) is 14.5. The number of hydrogen-bond donors (Lipinski definition) is 1. The summed E-state index contributed by atoms with van der Waals surface area (Å²) in [6.07, 6.45) is 1.71. The number of aryl methyl sites for hydroxylation is 1. The zero-order valence-electron chi connectivity index (χ0n) is 17.1. The number of piperidine rings is 1. The van der Waals surface area contributed by atoms with Crippen LogP contribution in [0.15, 0.2) is 53.1 Å². The van der Waals surface area contributed by atoms with Gasteiger partial charge in [-0.2, -0.15) is 4.98 Å². The Hall–Kier alpha value is -3.06. The molecule has 3 aromatic rings. The number of nitrogens with one attached hydrogen (secondary N) is 1. The third kappa shape index (κ3) is 4.41. The molecule has 7 heteroatoms. The van der Waals surface area contributed by atoms with Crippen LogP contribution in [0.1, 0.15) is 47.6 Å². The normalized spacial score (nSPS) is 16.4. The molecule has 1 fully saturated rings. The molecule has 1 N–H and O–H groups in total. The van der Waals surface area contributed by atoms with Gasteiger partial charge in [-0.25, -0.2) is 4.39 Å². The summed E-state index contributed by atoms with van der Waals surface area (Å²) in [5.41, 5.74) is 1.86. The van der Waals surface area contributed by atoms with Gasteiger partial charge in [0.25, 0.3) is 5.91 Å². The summed E-state index contributed by atoms with van der Waals surface area (Å²) in [6, 6.07) is 14.3. The van der Waals surface area contributed by atoms with E-state index in [1.54, 1.807) is 19.1 Å². The molecule has 0 saturated carbocycles. The Labute approximate surface area is 175 Å². The van der Waals surface area contributed by atoms with Gasteiger partial charge in [0, 0.05) is 30.3 Å². The van der Waals surface area contributed by atoms with Crippen LogP contribution in [0.4, 0.5) is 4.39 Å². The van der Waals surface area contributed by atoms with E-state index >= 15 is 0 Å². The fourth-order valence-electron chi connectivity index (χ4n) is 3.70. The van der Waals surface area contributed by atoms with Gasteiger partial charge >= 0.3 is 0 Å². The van der Waals surface area contributed by atoms with Gasteiger partial charge in [-0.15, -0.1) is 0 Å². The monoisotopic (exact) mass is 408 g/mol. The highest BCUT2D eigenvalue weighted by Gasteiger charge is 2.27. The smallest absolute Gasteiger partial charge is 0.251 e. The van der Waals surface area contributed by atoms with Crippen LogP contribution in [-0.4, -0.2) is 40.1 Å². The van der Waals surface area contributed by atoms with Gasteiger partial charge in [-0.05, 0) is 50.5 Å². The summed E-state index contributed by atoms with van der Waals surface area (Å²) in [5, 5.41) is 7.14. The van der Waals surface area contributed by atoms with Crippen molar-refractivity contribution in [3.8, 4) is 11.4 Å². The van der Waals surface area contributed by atoms with Crippen LogP contribution >= 0.6 is 0 Å². The number of carbonyl (C=O) groups excluding carboxylic acids is 1. The van der Waals surface area contributed by atoms with E-state index in [1.807, 2.05) is 37.3 Å². The molecule has 1 aromatic heterocycles. The Morgan fingerprint density at radius 1 is 1.20 bits per heavy atom. The maximum absolute atomic E-state index is 13.8. The number of nitrogens with zero attached hydrogens (tertiary/aromatic N) is 3. The summed E-state index contributed by atoms with van der Waals surface area (Å²) < 4.78 is 19.3. The number of aromatic nitrogens is 2. The Morgan fingerprint density at radius 2 is 1.93 bits per heavy atom. The molecule has 30 heavy (non-hydrogen) atoms. The van der Waals surface area contributed by atoms with Crippen LogP contribution in [0, 0.1) is 12.7 Å². The minimum atomic E-state index is -0.286. The summed E-state index contributed by atoms with van der Waals surface area (Å²) in [4.78, 5) is 19.1. The van der Waals surface area contributed by atoms with Crippen molar-refractivity contribution in [2.75, 3.05) is 13.1 Å². The molecule has 2 aromatic carbocycles. The van der Waals surface area contributed by atoms with Crippen LogP contribution in [0.5, 0.6) is 0 Å². The van der Waals surface area contributed by atoms with E-state index in [0.717, 1.165) is 25.9 Å². The summed E-state index contributed by atoms with van der Waals surface area (Å²) in [5.74, 6) is 0.582. The minimum Gasteiger partial charge on any atom is -0.349 e. The molecule has 0 aliphatic carbocycles. The molecule has 1 aliphatic rings. The van der Waals surface area contributed by atoms with Crippen molar-refractivity contribution in [2.24, 2.45) is 0 Å². The van der Waals surface area contributed by atoms with Crippen molar-refractivity contribution in [3.05, 3.63) is 71.4 Å². The van der Waals surface area contributed by atoms with Gasteiger partial charge in [0.1, 0.15) is 5.82 Å². The zero-order chi connectivity index (χ0) is 21.1. The van der Waals surface area contributed by atoms with Gasteiger partial charge in [-0.3, -0.25) is 9.69 Å². The molecule has 1 saturated heterocycles. The number of amides is 1. The van der Waals surface area contributed by atoms with Crippen molar-refractivity contribution < 1.29 is 13.7 Å². The van der Waals surface area contributed by atoms with E-state index in [0.29, 0.717) is 28.4 Å². The predicted octanol–water partition coefficient (Wildman–Crippen LogP) is 4.14. The lowest BCUT2D eigenvalue weighted by Crippen LogP contribution is -2.45. The van der Waals surface area contributed by atoms with Crippen molar-refractivity contribution in [3.63, 3.8) is 0 Å². The van der Waals surface area contributed by atoms with Gasteiger partial charge < -0.3 is 9.84 Å². The number of rotatable bonds is 5. The molecule has 0 spiro atoms. The zero-order valence-corrected chi connectivity index (χ0v) is 17.1. The topological polar surface area (TPSA) is 71.3 Å². The predicted molar refractivity (Wildman–Crippen MR) is 111 cm³/mol. The quantitative estimate of drug-likeness (QED) is 0.687. The van der Waals surface area contributed by atoms with E-state index in [-0.39, 0.29) is 23.8 Å². The molecular formula is C23H25FN4O2. The maximum atomic E-state index is 13.8. The van der Waals surface area contributed by atoms with Crippen LogP contribution in [-0.2, 0) is 0 Å². The van der Waals surface area contributed by atoms with Gasteiger partial charge in [0.05, 0.1) is 6.04 Å². The molecular weight excluding hydrogens is 383 g/mol. The Morgan fingerprint density at radius 3 is 2.63 bits per heavy atom. The fourth-order valence-corrected chi connectivity index (χ4v) is 3.70. The highest BCUT2D eigenvalue weighted by Crippen LogP contribution is 2.26. The number of likely N-dealkylation sites (tertiary alicyclic amines) is 1. The van der Waals surface area contributed by atoms with Gasteiger partial charge in [0.2, 0.25) is 11.7 Å². The van der Waals surface area contributed by atoms with Gasteiger partial charge in [0.15, 0.2) is 0 Å². The molecule has 1 amide bonds. The number of halogens is 1. The first-order valence-electron chi connectivity index (χ1n) is 10.2. The molecule has 0 radical (unpaired) electrons.